The Hall–Kier alpha value is -2.43. The van der Waals surface area contributed by atoms with Crippen LogP contribution in [0.4, 0.5) is 17.5 Å². The molecule has 0 unspecified atom stereocenters. The second-order valence-corrected chi connectivity index (χ2v) is 4.29. The minimum absolute atomic E-state index is 0.0132. The molecule has 0 saturated carbocycles. The molecule has 8 heteroatoms. The van der Waals surface area contributed by atoms with Gasteiger partial charge in [0, 0.05) is 12.6 Å². The summed E-state index contributed by atoms with van der Waals surface area (Å²) in [5.41, 5.74) is 5.61. The van der Waals surface area contributed by atoms with Gasteiger partial charge in [0.2, 0.25) is 11.8 Å². The number of nitrogen functional groups attached to an aromatic ring is 1. The van der Waals surface area contributed by atoms with Gasteiger partial charge in [-0.2, -0.15) is 10.2 Å². The summed E-state index contributed by atoms with van der Waals surface area (Å²) in [7, 11) is 0. The Morgan fingerprint density at radius 3 is 2.63 bits per heavy atom. The molecule has 1 heterocycles. The average molecular weight is 264 g/mol. The first kappa shape index (κ1) is 14.6. The summed E-state index contributed by atoms with van der Waals surface area (Å²) in [4.78, 5) is 20.1. The maximum atomic E-state index is 11.1. The molecule has 0 aliphatic carbocycles. The van der Waals surface area contributed by atoms with E-state index < -0.39 is 4.92 Å². The molecule has 0 radical (unpaired) electrons. The summed E-state index contributed by atoms with van der Waals surface area (Å²) >= 11 is 0. The number of rotatable bonds is 5. The zero-order valence-electron chi connectivity index (χ0n) is 11.1. The molecule has 19 heavy (non-hydrogen) atoms. The van der Waals surface area contributed by atoms with E-state index in [2.05, 4.69) is 9.97 Å². The fraction of sp³-hybridized carbons (Fsp3) is 0.545. The second-order valence-electron chi connectivity index (χ2n) is 4.29. The molecule has 0 fully saturated rings. The second kappa shape index (κ2) is 5.95. The van der Waals surface area contributed by atoms with Gasteiger partial charge in [-0.15, -0.1) is 0 Å². The van der Waals surface area contributed by atoms with Crippen LogP contribution < -0.4 is 10.6 Å². The molecule has 0 spiro atoms. The monoisotopic (exact) mass is 264 g/mol. The molecule has 1 aromatic rings. The van der Waals surface area contributed by atoms with Crippen LogP contribution in [0.3, 0.4) is 0 Å². The number of nitro groups is 1. The van der Waals surface area contributed by atoms with Gasteiger partial charge in [-0.05, 0) is 20.8 Å². The van der Waals surface area contributed by atoms with Crippen molar-refractivity contribution in [3.8, 4) is 6.07 Å². The first-order chi connectivity index (χ1) is 8.88. The highest BCUT2D eigenvalue weighted by Gasteiger charge is 2.27. The molecule has 0 saturated heterocycles. The molecule has 0 aromatic carbocycles. The maximum Gasteiger partial charge on any atom is 0.332 e. The van der Waals surface area contributed by atoms with E-state index in [9.17, 15) is 10.1 Å². The van der Waals surface area contributed by atoms with E-state index >= 15 is 0 Å². The van der Waals surface area contributed by atoms with Crippen LogP contribution in [0.5, 0.6) is 0 Å². The van der Waals surface area contributed by atoms with Crippen molar-refractivity contribution in [1.82, 2.24) is 9.97 Å². The van der Waals surface area contributed by atoms with Crippen molar-refractivity contribution < 1.29 is 4.92 Å². The van der Waals surface area contributed by atoms with Crippen molar-refractivity contribution in [1.29, 1.82) is 5.26 Å². The van der Waals surface area contributed by atoms with Crippen LogP contribution >= 0.6 is 0 Å². The molecule has 2 N–H and O–H groups in total. The standard InChI is InChI=1S/C11H16N6O2/c1-7(2)16(6-4-5-12)10-9(17(18)19)8(3)14-11(13)15-10/h7H,4,6H2,1-3H3,(H2,13,14,15). The minimum atomic E-state index is -0.522. The van der Waals surface area contributed by atoms with Crippen molar-refractivity contribution in [2.45, 2.75) is 33.2 Å². The highest BCUT2D eigenvalue weighted by molar-refractivity contribution is 5.62. The van der Waals surface area contributed by atoms with Gasteiger partial charge in [-0.25, -0.2) is 4.98 Å². The third kappa shape index (κ3) is 3.28. The molecule has 8 nitrogen and oxygen atoms in total. The lowest BCUT2D eigenvalue weighted by Crippen LogP contribution is -2.33. The van der Waals surface area contributed by atoms with Gasteiger partial charge < -0.3 is 10.6 Å². The predicted octanol–water partition coefficient (Wildman–Crippen LogP) is 1.40. The molecular formula is C11H16N6O2. The number of aryl methyl sites for hydroxylation is 1. The van der Waals surface area contributed by atoms with Gasteiger partial charge in [0.05, 0.1) is 17.4 Å². The maximum absolute atomic E-state index is 11.1. The van der Waals surface area contributed by atoms with Crippen molar-refractivity contribution in [3.05, 3.63) is 15.8 Å². The number of nitrogens with zero attached hydrogens (tertiary/aromatic N) is 5. The van der Waals surface area contributed by atoms with Crippen LogP contribution in [0, 0.1) is 28.4 Å². The lowest BCUT2D eigenvalue weighted by molar-refractivity contribution is -0.385. The summed E-state index contributed by atoms with van der Waals surface area (Å²) in [6.07, 6.45) is 0.248. The van der Waals surface area contributed by atoms with E-state index in [1.54, 1.807) is 4.90 Å². The van der Waals surface area contributed by atoms with Gasteiger partial charge in [-0.3, -0.25) is 10.1 Å². The zero-order chi connectivity index (χ0) is 14.6. The Labute approximate surface area is 111 Å². The van der Waals surface area contributed by atoms with Crippen LogP contribution in [-0.4, -0.2) is 27.5 Å². The SMILES string of the molecule is Cc1nc(N)nc(N(CCC#N)C(C)C)c1[N+](=O)[O-]. The highest BCUT2D eigenvalue weighted by Crippen LogP contribution is 2.30. The zero-order valence-corrected chi connectivity index (χ0v) is 11.1. The fourth-order valence-corrected chi connectivity index (χ4v) is 1.77. The summed E-state index contributed by atoms with van der Waals surface area (Å²) in [6.45, 7) is 5.61. The van der Waals surface area contributed by atoms with Crippen LogP contribution in [0.1, 0.15) is 26.0 Å². The van der Waals surface area contributed by atoms with Crippen LogP contribution in [0.2, 0.25) is 0 Å². The summed E-state index contributed by atoms with van der Waals surface area (Å²) in [5.74, 6) is 0.154. The third-order valence-corrected chi connectivity index (χ3v) is 2.60. The predicted molar refractivity (Wildman–Crippen MR) is 70.5 cm³/mol. The van der Waals surface area contributed by atoms with E-state index in [4.69, 9.17) is 11.0 Å². The number of hydrogen-bond donors (Lipinski definition) is 1. The average Bonchev–Trinajstić information content (AvgIpc) is 2.27. The van der Waals surface area contributed by atoms with E-state index in [1.807, 2.05) is 19.9 Å². The Bertz CT molecular complexity index is 523. The smallest absolute Gasteiger partial charge is 0.332 e. The summed E-state index contributed by atoms with van der Waals surface area (Å²) in [6, 6.07) is 1.97. The molecule has 0 aliphatic rings. The number of anilines is 2. The number of aromatic nitrogens is 2. The lowest BCUT2D eigenvalue weighted by Gasteiger charge is -2.26. The minimum Gasteiger partial charge on any atom is -0.368 e. The van der Waals surface area contributed by atoms with Gasteiger partial charge in [0.1, 0.15) is 5.69 Å². The fourth-order valence-electron chi connectivity index (χ4n) is 1.77. The highest BCUT2D eigenvalue weighted by atomic mass is 16.6. The molecule has 102 valence electrons. The normalized spacial score (nSPS) is 10.3. The molecule has 1 aromatic heterocycles. The van der Waals surface area contributed by atoms with E-state index in [0.29, 0.717) is 6.54 Å². The first-order valence-electron chi connectivity index (χ1n) is 5.80. The Morgan fingerprint density at radius 2 is 2.16 bits per heavy atom. The summed E-state index contributed by atoms with van der Waals surface area (Å²) in [5, 5.41) is 19.8. The Kier molecular flexibility index (Phi) is 4.58. The van der Waals surface area contributed by atoms with Crippen molar-refractivity contribution in [2.75, 3.05) is 17.2 Å². The molecule has 0 amide bonds. The Morgan fingerprint density at radius 1 is 1.53 bits per heavy atom. The largest absolute Gasteiger partial charge is 0.368 e. The van der Waals surface area contributed by atoms with Crippen LogP contribution in [0.25, 0.3) is 0 Å². The van der Waals surface area contributed by atoms with Gasteiger partial charge in [0.15, 0.2) is 0 Å². The van der Waals surface area contributed by atoms with Gasteiger partial charge >= 0.3 is 5.69 Å². The molecule has 0 aliphatic heterocycles. The van der Waals surface area contributed by atoms with Gasteiger partial charge in [-0.1, -0.05) is 0 Å². The van der Waals surface area contributed by atoms with Crippen molar-refractivity contribution in [3.63, 3.8) is 0 Å². The molecule has 0 bridgehead atoms. The van der Waals surface area contributed by atoms with Crippen LogP contribution in [-0.2, 0) is 0 Å². The molecule has 1 rings (SSSR count). The topological polar surface area (TPSA) is 122 Å². The number of hydrogen-bond acceptors (Lipinski definition) is 7. The lowest BCUT2D eigenvalue weighted by atomic mass is 10.2. The van der Waals surface area contributed by atoms with Crippen molar-refractivity contribution >= 4 is 17.5 Å². The Balaban J connectivity index is 3.36. The number of nitriles is 1. The van der Waals surface area contributed by atoms with E-state index in [1.165, 1.54) is 6.92 Å². The number of nitrogens with two attached hydrogens (primary N) is 1. The van der Waals surface area contributed by atoms with E-state index in [-0.39, 0.29) is 35.6 Å². The van der Waals surface area contributed by atoms with Gasteiger partial charge in [0.25, 0.3) is 0 Å². The van der Waals surface area contributed by atoms with Crippen molar-refractivity contribution in [2.24, 2.45) is 0 Å². The molecule has 0 atom stereocenters. The first-order valence-corrected chi connectivity index (χ1v) is 5.80. The quantitative estimate of drug-likeness (QED) is 0.629. The molecular weight excluding hydrogens is 248 g/mol. The van der Waals surface area contributed by atoms with E-state index in [0.717, 1.165) is 0 Å². The third-order valence-electron chi connectivity index (χ3n) is 2.60. The summed E-state index contributed by atoms with van der Waals surface area (Å²) < 4.78 is 0. The van der Waals surface area contributed by atoms with Crippen LogP contribution in [0.15, 0.2) is 0 Å².